The number of para-hydroxylation sites is 1. The number of nitrogens with zero attached hydrogens (tertiary/aromatic N) is 4. The number of pyridine rings is 1. The van der Waals surface area contributed by atoms with Gasteiger partial charge < -0.3 is 10.6 Å². The molecule has 1 aromatic carbocycles. The number of carbonyl (C=O) groups excluding carboxylic acids is 2. The number of anilines is 2. The Balaban J connectivity index is 1.91. The fraction of sp³-hybridized carbons (Fsp3) is 0.259. The van der Waals surface area contributed by atoms with Crippen LogP contribution < -0.4 is 15.5 Å². The molecular formula is C27H25N5O2. The molecule has 0 bridgehead atoms. The first kappa shape index (κ1) is 21.7. The molecule has 2 N–H and O–H groups in total. The third-order valence-corrected chi connectivity index (χ3v) is 6.86. The fourth-order valence-corrected chi connectivity index (χ4v) is 5.65. The van der Waals surface area contributed by atoms with E-state index < -0.39 is 5.41 Å². The van der Waals surface area contributed by atoms with Crippen molar-refractivity contribution in [2.24, 2.45) is 11.1 Å². The third-order valence-electron chi connectivity index (χ3n) is 6.86. The zero-order chi connectivity index (χ0) is 24.3. The normalized spacial score (nSPS) is 23.2. The van der Waals surface area contributed by atoms with Gasteiger partial charge >= 0.3 is 0 Å². The summed E-state index contributed by atoms with van der Waals surface area (Å²) >= 11 is 0. The Morgan fingerprint density at radius 2 is 1.97 bits per heavy atom. The molecule has 7 nitrogen and oxygen atoms in total. The first-order valence-corrected chi connectivity index (χ1v) is 11.2. The van der Waals surface area contributed by atoms with Gasteiger partial charge in [-0.25, -0.2) is 0 Å². The van der Waals surface area contributed by atoms with Crippen LogP contribution in [0.1, 0.15) is 32.3 Å². The maximum absolute atomic E-state index is 14.3. The number of aromatic nitrogens is 1. The van der Waals surface area contributed by atoms with Gasteiger partial charge in [-0.15, -0.1) is 6.58 Å². The number of Topliss-reactive ketones (excluding diaryl/α,β-unsaturated/α-hetero) is 1. The van der Waals surface area contributed by atoms with E-state index in [0.29, 0.717) is 34.6 Å². The van der Waals surface area contributed by atoms with Crippen molar-refractivity contribution in [3.63, 3.8) is 0 Å². The highest BCUT2D eigenvalue weighted by molar-refractivity contribution is 6.21. The van der Waals surface area contributed by atoms with Crippen LogP contribution in [0.4, 0.5) is 11.4 Å². The Hall–Kier alpha value is -4.18. The van der Waals surface area contributed by atoms with Crippen molar-refractivity contribution < 1.29 is 9.59 Å². The van der Waals surface area contributed by atoms with Crippen molar-refractivity contribution >= 4 is 23.1 Å². The van der Waals surface area contributed by atoms with Crippen LogP contribution in [0.15, 0.2) is 84.1 Å². The van der Waals surface area contributed by atoms with Gasteiger partial charge in [-0.05, 0) is 30.0 Å². The number of nitrogens with two attached hydrogens (primary N) is 1. The average molecular weight is 452 g/mol. The van der Waals surface area contributed by atoms with Crippen molar-refractivity contribution in [1.82, 2.24) is 4.98 Å². The first-order chi connectivity index (χ1) is 16.3. The molecule has 3 aliphatic rings. The van der Waals surface area contributed by atoms with E-state index in [9.17, 15) is 14.9 Å². The second-order valence-electron chi connectivity index (χ2n) is 9.65. The van der Waals surface area contributed by atoms with Crippen LogP contribution in [-0.2, 0) is 15.0 Å². The first-order valence-electron chi connectivity index (χ1n) is 11.2. The average Bonchev–Trinajstić information content (AvgIpc) is 3.03. The van der Waals surface area contributed by atoms with E-state index in [1.54, 1.807) is 34.3 Å². The minimum Gasteiger partial charge on any atom is -0.384 e. The van der Waals surface area contributed by atoms with Crippen LogP contribution in [0.5, 0.6) is 0 Å². The molecule has 0 unspecified atom stereocenters. The third kappa shape index (κ3) is 2.72. The largest absolute Gasteiger partial charge is 0.384 e. The van der Waals surface area contributed by atoms with Crippen LogP contribution in [0.25, 0.3) is 0 Å². The molecule has 1 aliphatic carbocycles. The topological polar surface area (TPSA) is 103 Å². The van der Waals surface area contributed by atoms with E-state index in [0.717, 1.165) is 0 Å². The second-order valence-corrected chi connectivity index (χ2v) is 9.65. The molecule has 1 aromatic heterocycles. The minimum atomic E-state index is -1.58. The number of allylic oxidation sites excluding steroid dienone is 1. The molecule has 7 heteroatoms. The van der Waals surface area contributed by atoms with Crippen LogP contribution >= 0.6 is 0 Å². The number of rotatable bonds is 3. The maximum Gasteiger partial charge on any atom is 0.248 e. The van der Waals surface area contributed by atoms with Gasteiger partial charge in [-0.3, -0.25) is 19.5 Å². The summed E-state index contributed by atoms with van der Waals surface area (Å²) in [4.78, 5) is 35.7. The van der Waals surface area contributed by atoms with Gasteiger partial charge in [0.15, 0.2) is 5.78 Å². The summed E-state index contributed by atoms with van der Waals surface area (Å²) in [5.41, 5.74) is 7.75. The lowest BCUT2D eigenvalue weighted by Gasteiger charge is -2.46. The Morgan fingerprint density at radius 3 is 2.65 bits per heavy atom. The molecule has 34 heavy (non-hydrogen) atoms. The van der Waals surface area contributed by atoms with Gasteiger partial charge in [0.25, 0.3) is 0 Å². The molecule has 0 fully saturated rings. The lowest BCUT2D eigenvalue weighted by atomic mass is 9.60. The summed E-state index contributed by atoms with van der Waals surface area (Å²) in [6.07, 6.45) is 5.71. The quantitative estimate of drug-likeness (QED) is 0.714. The van der Waals surface area contributed by atoms with Crippen LogP contribution in [-0.4, -0.2) is 23.2 Å². The number of hydrogen-bond donors (Lipinski definition) is 1. The smallest absolute Gasteiger partial charge is 0.248 e. The van der Waals surface area contributed by atoms with E-state index in [2.05, 4.69) is 17.6 Å². The van der Waals surface area contributed by atoms with Crippen molar-refractivity contribution in [3.8, 4) is 6.07 Å². The molecule has 2 aromatic rings. The Kier molecular flexibility index (Phi) is 4.73. The van der Waals surface area contributed by atoms with Gasteiger partial charge in [-0.1, -0.05) is 38.1 Å². The number of carbonyl (C=O) groups is 2. The molecule has 170 valence electrons. The monoisotopic (exact) mass is 451 g/mol. The maximum atomic E-state index is 14.3. The van der Waals surface area contributed by atoms with Gasteiger partial charge in [0, 0.05) is 41.7 Å². The summed E-state index contributed by atoms with van der Waals surface area (Å²) in [7, 11) is 0. The number of ketones is 1. The van der Waals surface area contributed by atoms with Crippen LogP contribution in [0.3, 0.4) is 0 Å². The van der Waals surface area contributed by atoms with Crippen molar-refractivity contribution in [2.45, 2.75) is 32.1 Å². The number of hydrogen-bond acceptors (Lipinski definition) is 6. The van der Waals surface area contributed by atoms with Crippen LogP contribution in [0, 0.1) is 16.7 Å². The molecule has 0 saturated heterocycles. The molecular weight excluding hydrogens is 426 g/mol. The number of fused-ring (bicyclic) bond motifs is 3. The fourth-order valence-electron chi connectivity index (χ4n) is 5.65. The summed E-state index contributed by atoms with van der Waals surface area (Å²) in [5, 5.41) is 10.4. The Bertz CT molecular complexity index is 1350. The van der Waals surface area contributed by atoms with E-state index in [4.69, 9.17) is 5.73 Å². The molecule has 1 amide bonds. The van der Waals surface area contributed by atoms with Crippen molar-refractivity contribution in [3.05, 3.63) is 89.7 Å². The van der Waals surface area contributed by atoms with Crippen molar-refractivity contribution in [2.75, 3.05) is 16.3 Å². The zero-order valence-corrected chi connectivity index (χ0v) is 19.2. The molecule has 3 heterocycles. The standard InChI is InChI=1S/C27H25N5O2/c1-4-12-31-20-10-6-5-9-18(20)27(25(31)34)19(15-28)24(29)32(17-8-7-11-30-16-17)21-13-26(2,3)14-22(33)23(21)27/h4-11,16H,1,12-14,29H2,2-3H3/t27-/m0/s1. The molecule has 0 saturated carbocycles. The lowest BCUT2D eigenvalue weighted by Crippen LogP contribution is -2.53. The van der Waals surface area contributed by atoms with E-state index in [-0.39, 0.29) is 41.5 Å². The molecule has 0 radical (unpaired) electrons. The highest BCUT2D eigenvalue weighted by Crippen LogP contribution is 2.58. The highest BCUT2D eigenvalue weighted by atomic mass is 16.2. The number of amides is 1. The zero-order valence-electron chi connectivity index (χ0n) is 19.2. The molecule has 2 aliphatic heterocycles. The Labute approximate surface area is 198 Å². The molecule has 1 atom stereocenters. The Morgan fingerprint density at radius 1 is 1.21 bits per heavy atom. The summed E-state index contributed by atoms with van der Waals surface area (Å²) in [6.45, 7) is 8.10. The van der Waals surface area contributed by atoms with Gasteiger partial charge in [0.1, 0.15) is 17.3 Å². The van der Waals surface area contributed by atoms with Gasteiger partial charge in [0.2, 0.25) is 5.91 Å². The lowest BCUT2D eigenvalue weighted by molar-refractivity contribution is -0.125. The molecule has 1 spiro atoms. The van der Waals surface area contributed by atoms with Crippen molar-refractivity contribution in [1.29, 1.82) is 5.26 Å². The summed E-state index contributed by atoms with van der Waals surface area (Å²) in [5.74, 6) is -0.355. The number of nitriles is 1. The molecule has 5 rings (SSSR count). The minimum absolute atomic E-state index is 0.0622. The van der Waals surface area contributed by atoms with E-state index in [1.807, 2.05) is 44.2 Å². The van der Waals surface area contributed by atoms with Crippen LogP contribution in [0.2, 0.25) is 0 Å². The SMILES string of the molecule is C=CCN1C(=O)[C@]2(C(C#N)=C(N)N(c3cccnc3)C3=C2C(=O)CC(C)(C)C3)c2ccccc21. The van der Waals surface area contributed by atoms with Gasteiger partial charge in [-0.2, -0.15) is 5.26 Å². The van der Waals surface area contributed by atoms with E-state index >= 15 is 0 Å². The second kappa shape index (κ2) is 7.42. The summed E-state index contributed by atoms with van der Waals surface area (Å²) < 4.78 is 0. The predicted octanol–water partition coefficient (Wildman–Crippen LogP) is 3.71. The van der Waals surface area contributed by atoms with Gasteiger partial charge in [0.05, 0.1) is 17.5 Å². The van der Waals surface area contributed by atoms with E-state index in [1.165, 1.54) is 0 Å². The summed E-state index contributed by atoms with van der Waals surface area (Å²) in [6, 6.07) is 13.1. The highest BCUT2D eigenvalue weighted by Gasteiger charge is 2.63. The predicted molar refractivity (Wildman–Crippen MR) is 129 cm³/mol. The number of benzene rings is 1.